The van der Waals surface area contributed by atoms with E-state index in [1.165, 1.54) is 42.5 Å². The van der Waals surface area contributed by atoms with Crippen LogP contribution in [0, 0.1) is 5.92 Å². The fraction of sp³-hybridized carbons (Fsp3) is 0.529. The first-order valence-electron chi connectivity index (χ1n) is 8.13. The van der Waals surface area contributed by atoms with E-state index in [0.29, 0.717) is 5.69 Å². The molecule has 1 atom stereocenters. The van der Waals surface area contributed by atoms with Crippen molar-refractivity contribution < 1.29 is 18.0 Å². The molecular weight excluding hydrogens is 342 g/mol. The molecule has 0 spiro atoms. The minimum atomic E-state index is -3.57. The molecule has 8 heteroatoms. The molecule has 0 unspecified atom stereocenters. The van der Waals surface area contributed by atoms with Crippen molar-refractivity contribution in [2.45, 2.75) is 51.6 Å². The third-order valence-electron chi connectivity index (χ3n) is 3.83. The molecule has 1 aromatic rings. The van der Waals surface area contributed by atoms with Gasteiger partial charge in [0.2, 0.25) is 21.8 Å². The zero-order valence-corrected chi connectivity index (χ0v) is 16.3. The number of hydrogen-bond donors (Lipinski definition) is 2. The average molecular weight is 369 g/mol. The van der Waals surface area contributed by atoms with Gasteiger partial charge in [-0.15, -0.1) is 0 Å². The first-order chi connectivity index (χ1) is 11.5. The van der Waals surface area contributed by atoms with Crippen LogP contribution in [0.5, 0.6) is 0 Å². The summed E-state index contributed by atoms with van der Waals surface area (Å²) in [5, 5.41) is 5.31. The van der Waals surface area contributed by atoms with Crippen molar-refractivity contribution in [3.8, 4) is 0 Å². The van der Waals surface area contributed by atoms with Crippen LogP contribution in [0.25, 0.3) is 0 Å². The molecule has 0 aliphatic rings. The Balaban J connectivity index is 2.93. The highest BCUT2D eigenvalue weighted by Crippen LogP contribution is 2.19. The van der Waals surface area contributed by atoms with Crippen LogP contribution in [-0.4, -0.2) is 43.7 Å². The fourth-order valence-corrected chi connectivity index (χ4v) is 3.50. The Hall–Kier alpha value is -1.93. The molecular formula is C17H27N3O4S. The number of nitrogens with zero attached hydrogens (tertiary/aromatic N) is 1. The maximum Gasteiger partial charge on any atom is 0.247 e. The molecule has 2 amide bonds. The van der Waals surface area contributed by atoms with Crippen molar-refractivity contribution in [1.82, 2.24) is 9.62 Å². The summed E-state index contributed by atoms with van der Waals surface area (Å²) in [5.41, 5.74) is 0.465. The SMILES string of the molecule is CC(=O)N[C@@H](C(=O)Nc1ccc(S(=O)(=O)N(C)C(C)C)cc1)C(C)C. The summed E-state index contributed by atoms with van der Waals surface area (Å²) in [6.07, 6.45) is 0. The van der Waals surface area contributed by atoms with E-state index in [1.54, 1.807) is 13.8 Å². The number of benzene rings is 1. The Morgan fingerprint density at radius 2 is 1.56 bits per heavy atom. The molecule has 0 radical (unpaired) electrons. The molecule has 0 bridgehead atoms. The minimum Gasteiger partial charge on any atom is -0.344 e. The standard InChI is InChI=1S/C17H27N3O4S/c1-11(2)16(18-13(5)21)17(22)19-14-7-9-15(10-8-14)25(23,24)20(6)12(3)4/h7-12,16H,1-6H3,(H,18,21)(H,19,22)/t16-/m1/s1. The lowest BCUT2D eigenvalue weighted by atomic mass is 10.0. The molecule has 7 nitrogen and oxygen atoms in total. The van der Waals surface area contributed by atoms with Gasteiger partial charge in [0.1, 0.15) is 6.04 Å². The lowest BCUT2D eigenvalue weighted by molar-refractivity contribution is -0.126. The van der Waals surface area contributed by atoms with Gasteiger partial charge in [0, 0.05) is 25.7 Å². The van der Waals surface area contributed by atoms with E-state index in [2.05, 4.69) is 10.6 Å². The molecule has 1 rings (SSSR count). The number of carbonyl (C=O) groups excluding carboxylic acids is 2. The van der Waals surface area contributed by atoms with Gasteiger partial charge in [0.05, 0.1) is 4.90 Å². The smallest absolute Gasteiger partial charge is 0.247 e. The zero-order valence-electron chi connectivity index (χ0n) is 15.5. The van der Waals surface area contributed by atoms with Gasteiger partial charge in [-0.1, -0.05) is 13.8 Å². The zero-order chi connectivity index (χ0) is 19.4. The number of anilines is 1. The quantitative estimate of drug-likeness (QED) is 0.766. The van der Waals surface area contributed by atoms with Crippen molar-refractivity contribution in [2.75, 3.05) is 12.4 Å². The molecule has 0 aromatic heterocycles. The van der Waals surface area contributed by atoms with Gasteiger partial charge >= 0.3 is 0 Å². The predicted molar refractivity (Wildman–Crippen MR) is 97.6 cm³/mol. The number of sulfonamides is 1. The number of rotatable bonds is 7. The summed E-state index contributed by atoms with van der Waals surface area (Å²) in [4.78, 5) is 23.7. The Morgan fingerprint density at radius 3 is 1.96 bits per heavy atom. The first-order valence-corrected chi connectivity index (χ1v) is 9.57. The topological polar surface area (TPSA) is 95.6 Å². The number of carbonyl (C=O) groups is 2. The van der Waals surface area contributed by atoms with Gasteiger partial charge in [-0.2, -0.15) is 4.31 Å². The summed E-state index contributed by atoms with van der Waals surface area (Å²) < 4.78 is 26.1. The number of nitrogens with one attached hydrogen (secondary N) is 2. The van der Waals surface area contributed by atoms with Crippen LogP contribution in [0.4, 0.5) is 5.69 Å². The normalized spacial score (nSPS) is 13.2. The highest BCUT2D eigenvalue weighted by Gasteiger charge is 2.24. The van der Waals surface area contributed by atoms with Crippen LogP contribution in [0.15, 0.2) is 29.2 Å². The monoisotopic (exact) mass is 369 g/mol. The molecule has 0 saturated heterocycles. The second kappa shape index (κ2) is 8.44. The Labute approximate surface area is 149 Å². The average Bonchev–Trinajstić information content (AvgIpc) is 2.51. The van der Waals surface area contributed by atoms with Crippen LogP contribution < -0.4 is 10.6 Å². The van der Waals surface area contributed by atoms with Crippen molar-refractivity contribution in [3.63, 3.8) is 0 Å². The van der Waals surface area contributed by atoms with Crippen LogP contribution in [0.3, 0.4) is 0 Å². The molecule has 0 aliphatic carbocycles. The lowest BCUT2D eigenvalue weighted by Gasteiger charge is -2.22. The summed E-state index contributed by atoms with van der Waals surface area (Å²) >= 11 is 0. The molecule has 0 fully saturated rings. The minimum absolute atomic E-state index is 0.0803. The number of hydrogen-bond acceptors (Lipinski definition) is 4. The summed E-state index contributed by atoms with van der Waals surface area (Å²) in [6, 6.07) is 5.15. The van der Waals surface area contributed by atoms with Crippen LogP contribution in [-0.2, 0) is 19.6 Å². The van der Waals surface area contributed by atoms with Crippen molar-refractivity contribution >= 4 is 27.5 Å². The largest absolute Gasteiger partial charge is 0.344 e. The Bertz CT molecular complexity index is 712. The van der Waals surface area contributed by atoms with Crippen LogP contribution in [0.2, 0.25) is 0 Å². The van der Waals surface area contributed by atoms with E-state index < -0.39 is 16.1 Å². The van der Waals surface area contributed by atoms with Gasteiger partial charge < -0.3 is 10.6 Å². The fourth-order valence-electron chi connectivity index (χ4n) is 2.13. The van der Waals surface area contributed by atoms with Gasteiger partial charge in [0.15, 0.2) is 0 Å². The van der Waals surface area contributed by atoms with Gasteiger partial charge in [0.25, 0.3) is 0 Å². The third-order valence-corrected chi connectivity index (χ3v) is 5.88. The molecule has 140 valence electrons. The summed E-state index contributed by atoms with van der Waals surface area (Å²) in [6.45, 7) is 8.60. The molecule has 2 N–H and O–H groups in total. The lowest BCUT2D eigenvalue weighted by Crippen LogP contribution is -2.46. The van der Waals surface area contributed by atoms with Gasteiger partial charge in [-0.3, -0.25) is 9.59 Å². The van der Waals surface area contributed by atoms with E-state index >= 15 is 0 Å². The maximum atomic E-state index is 12.4. The second-order valence-corrected chi connectivity index (χ2v) is 8.55. The highest BCUT2D eigenvalue weighted by molar-refractivity contribution is 7.89. The summed E-state index contributed by atoms with van der Waals surface area (Å²) in [5.74, 6) is -0.713. The van der Waals surface area contributed by atoms with Gasteiger partial charge in [-0.05, 0) is 44.0 Å². The predicted octanol–water partition coefficient (Wildman–Crippen LogP) is 1.81. The van der Waals surface area contributed by atoms with Crippen molar-refractivity contribution in [3.05, 3.63) is 24.3 Å². The second-order valence-electron chi connectivity index (χ2n) is 6.55. The van der Waals surface area contributed by atoms with Gasteiger partial charge in [-0.25, -0.2) is 8.42 Å². The molecule has 25 heavy (non-hydrogen) atoms. The summed E-state index contributed by atoms with van der Waals surface area (Å²) in [7, 11) is -2.04. The molecule has 0 aliphatic heterocycles. The van der Waals surface area contributed by atoms with E-state index in [0.717, 1.165) is 0 Å². The van der Waals surface area contributed by atoms with E-state index in [1.807, 2.05) is 13.8 Å². The molecule has 1 aromatic carbocycles. The van der Waals surface area contributed by atoms with E-state index in [9.17, 15) is 18.0 Å². The van der Waals surface area contributed by atoms with E-state index in [4.69, 9.17) is 0 Å². The number of amides is 2. The maximum absolute atomic E-state index is 12.4. The highest BCUT2D eigenvalue weighted by atomic mass is 32.2. The van der Waals surface area contributed by atoms with Crippen molar-refractivity contribution in [2.24, 2.45) is 5.92 Å². The van der Waals surface area contributed by atoms with E-state index in [-0.39, 0.29) is 28.7 Å². The molecule has 0 heterocycles. The van der Waals surface area contributed by atoms with Crippen molar-refractivity contribution in [1.29, 1.82) is 0 Å². The molecule has 0 saturated carbocycles. The first kappa shape index (κ1) is 21.1. The van der Waals surface area contributed by atoms with Crippen LogP contribution >= 0.6 is 0 Å². The van der Waals surface area contributed by atoms with Crippen LogP contribution in [0.1, 0.15) is 34.6 Å². The third kappa shape index (κ3) is 5.54. The Kier molecular flexibility index (Phi) is 7.13. The Morgan fingerprint density at radius 1 is 1.04 bits per heavy atom.